The first-order chi connectivity index (χ1) is 7.40. The van der Waals surface area contributed by atoms with Crippen molar-refractivity contribution in [2.24, 2.45) is 0 Å². The second-order valence-electron chi connectivity index (χ2n) is 5.02. The highest BCUT2D eigenvalue weighted by Gasteiger charge is 2.40. The Labute approximate surface area is 95.7 Å². The molecule has 1 N–H and O–H groups in total. The SMILES string of the molecule is Cc1cc(F)cc(C2(O)CC(C)N(C)C2)c1. The predicted octanol–water partition coefficient (Wildman–Crippen LogP) is 2.05. The maximum Gasteiger partial charge on any atom is 0.123 e. The van der Waals surface area contributed by atoms with Crippen molar-refractivity contribution in [1.29, 1.82) is 0 Å². The van der Waals surface area contributed by atoms with E-state index in [1.54, 1.807) is 0 Å². The fourth-order valence-electron chi connectivity index (χ4n) is 2.49. The van der Waals surface area contributed by atoms with Crippen molar-refractivity contribution in [2.75, 3.05) is 13.6 Å². The molecule has 1 aliphatic heterocycles. The van der Waals surface area contributed by atoms with Crippen LogP contribution >= 0.6 is 0 Å². The number of hydrogen-bond acceptors (Lipinski definition) is 2. The number of rotatable bonds is 1. The van der Waals surface area contributed by atoms with E-state index in [-0.39, 0.29) is 5.82 Å². The van der Waals surface area contributed by atoms with Gasteiger partial charge >= 0.3 is 0 Å². The Balaban J connectivity index is 2.37. The van der Waals surface area contributed by atoms with Crippen molar-refractivity contribution in [2.45, 2.75) is 31.9 Å². The molecule has 1 fully saturated rings. The molecular formula is C13H18FNO. The molecule has 2 rings (SSSR count). The topological polar surface area (TPSA) is 23.5 Å². The lowest BCUT2D eigenvalue weighted by atomic mass is 9.90. The summed E-state index contributed by atoms with van der Waals surface area (Å²) in [4.78, 5) is 2.10. The van der Waals surface area contributed by atoms with E-state index in [2.05, 4.69) is 11.8 Å². The van der Waals surface area contributed by atoms with Gasteiger partial charge in [0.25, 0.3) is 0 Å². The number of likely N-dealkylation sites (tertiary alicyclic amines) is 1. The summed E-state index contributed by atoms with van der Waals surface area (Å²) in [5, 5.41) is 10.5. The second-order valence-corrected chi connectivity index (χ2v) is 5.02. The molecule has 2 nitrogen and oxygen atoms in total. The Morgan fingerprint density at radius 3 is 2.62 bits per heavy atom. The van der Waals surface area contributed by atoms with Crippen molar-refractivity contribution in [3.05, 3.63) is 35.1 Å². The van der Waals surface area contributed by atoms with Crippen molar-refractivity contribution in [3.63, 3.8) is 0 Å². The van der Waals surface area contributed by atoms with E-state index in [4.69, 9.17) is 0 Å². The van der Waals surface area contributed by atoms with Crippen LogP contribution in [0.2, 0.25) is 0 Å². The number of β-amino-alcohol motifs (C(OH)–C–C–N with tert-alkyl or cyclic N) is 1. The van der Waals surface area contributed by atoms with Gasteiger partial charge in [0.05, 0.1) is 0 Å². The van der Waals surface area contributed by atoms with E-state index >= 15 is 0 Å². The molecule has 1 heterocycles. The van der Waals surface area contributed by atoms with Gasteiger partial charge in [-0.3, -0.25) is 0 Å². The van der Waals surface area contributed by atoms with Gasteiger partial charge in [-0.25, -0.2) is 4.39 Å². The molecule has 0 aromatic heterocycles. The van der Waals surface area contributed by atoms with Gasteiger partial charge < -0.3 is 10.0 Å². The van der Waals surface area contributed by atoms with E-state index in [1.807, 2.05) is 20.0 Å². The number of benzene rings is 1. The van der Waals surface area contributed by atoms with Gasteiger partial charge in [0.15, 0.2) is 0 Å². The summed E-state index contributed by atoms with van der Waals surface area (Å²) < 4.78 is 13.3. The minimum absolute atomic E-state index is 0.273. The Morgan fingerprint density at radius 1 is 1.44 bits per heavy atom. The van der Waals surface area contributed by atoms with Crippen LogP contribution in [0.25, 0.3) is 0 Å². The molecule has 88 valence electrons. The molecule has 0 spiro atoms. The first kappa shape index (κ1) is 11.6. The van der Waals surface area contributed by atoms with Gasteiger partial charge in [-0.05, 0) is 50.6 Å². The zero-order valence-corrected chi connectivity index (χ0v) is 10.00. The van der Waals surface area contributed by atoms with E-state index in [0.717, 1.165) is 5.56 Å². The van der Waals surface area contributed by atoms with Crippen LogP contribution in [-0.4, -0.2) is 29.6 Å². The largest absolute Gasteiger partial charge is 0.384 e. The summed E-state index contributed by atoms with van der Waals surface area (Å²) in [6, 6.07) is 5.12. The van der Waals surface area contributed by atoms with Crippen molar-refractivity contribution >= 4 is 0 Å². The van der Waals surface area contributed by atoms with E-state index in [0.29, 0.717) is 24.6 Å². The van der Waals surface area contributed by atoms with Crippen LogP contribution in [0.4, 0.5) is 4.39 Å². The zero-order chi connectivity index (χ0) is 11.9. The minimum atomic E-state index is -0.902. The third-order valence-corrected chi connectivity index (χ3v) is 3.48. The van der Waals surface area contributed by atoms with Crippen LogP contribution in [0.15, 0.2) is 18.2 Å². The maximum atomic E-state index is 13.3. The van der Waals surface area contributed by atoms with Gasteiger partial charge in [0.2, 0.25) is 0 Å². The molecule has 3 heteroatoms. The average Bonchev–Trinajstić information content (AvgIpc) is 2.40. The number of aryl methyl sites for hydroxylation is 1. The molecule has 0 saturated carbocycles. The molecule has 2 atom stereocenters. The van der Waals surface area contributed by atoms with Gasteiger partial charge in [-0.2, -0.15) is 0 Å². The summed E-state index contributed by atoms with van der Waals surface area (Å²) in [7, 11) is 1.98. The lowest BCUT2D eigenvalue weighted by molar-refractivity contribution is 0.0482. The minimum Gasteiger partial charge on any atom is -0.384 e. The summed E-state index contributed by atoms with van der Waals surface area (Å²) >= 11 is 0. The number of hydrogen-bond donors (Lipinski definition) is 1. The van der Waals surface area contributed by atoms with Crippen LogP contribution in [0.3, 0.4) is 0 Å². The third-order valence-electron chi connectivity index (χ3n) is 3.48. The summed E-state index contributed by atoms with van der Waals surface area (Å²) in [5.41, 5.74) is 0.646. The van der Waals surface area contributed by atoms with Crippen LogP contribution in [0.1, 0.15) is 24.5 Å². The van der Waals surface area contributed by atoms with E-state index in [9.17, 15) is 9.50 Å². The molecule has 1 saturated heterocycles. The monoisotopic (exact) mass is 223 g/mol. The zero-order valence-electron chi connectivity index (χ0n) is 10.00. The van der Waals surface area contributed by atoms with Crippen LogP contribution in [0.5, 0.6) is 0 Å². The summed E-state index contributed by atoms with van der Waals surface area (Å²) in [5.74, 6) is -0.273. The highest BCUT2D eigenvalue weighted by atomic mass is 19.1. The van der Waals surface area contributed by atoms with E-state index < -0.39 is 5.60 Å². The lowest BCUT2D eigenvalue weighted by Gasteiger charge is -2.23. The van der Waals surface area contributed by atoms with Crippen molar-refractivity contribution in [3.8, 4) is 0 Å². The predicted molar refractivity (Wildman–Crippen MR) is 61.7 cm³/mol. The maximum absolute atomic E-state index is 13.3. The summed E-state index contributed by atoms with van der Waals surface area (Å²) in [6.07, 6.45) is 0.659. The lowest BCUT2D eigenvalue weighted by Crippen LogP contribution is -2.29. The molecule has 0 amide bonds. The number of aliphatic hydroxyl groups is 1. The van der Waals surface area contributed by atoms with Crippen molar-refractivity contribution < 1.29 is 9.50 Å². The van der Waals surface area contributed by atoms with E-state index in [1.165, 1.54) is 12.1 Å². The van der Waals surface area contributed by atoms with Crippen LogP contribution < -0.4 is 0 Å². The molecule has 1 aromatic rings. The molecule has 0 bridgehead atoms. The Hall–Kier alpha value is -0.930. The van der Waals surface area contributed by atoms with Gasteiger partial charge in [-0.1, -0.05) is 6.07 Å². The fraction of sp³-hybridized carbons (Fsp3) is 0.538. The standard InChI is InChI=1S/C13H18FNO/c1-9-4-11(6-12(14)5-9)13(16)7-10(2)15(3)8-13/h4-6,10,16H,7-8H2,1-3H3. The first-order valence-electron chi connectivity index (χ1n) is 5.61. The normalized spacial score (nSPS) is 30.9. The molecule has 1 aromatic carbocycles. The number of likely N-dealkylation sites (N-methyl/N-ethyl adjacent to an activating group) is 1. The van der Waals surface area contributed by atoms with Crippen molar-refractivity contribution in [1.82, 2.24) is 4.90 Å². The molecule has 16 heavy (non-hydrogen) atoms. The molecule has 0 radical (unpaired) electrons. The van der Waals surface area contributed by atoms with Gasteiger partial charge in [0, 0.05) is 12.6 Å². The fourth-order valence-corrected chi connectivity index (χ4v) is 2.49. The van der Waals surface area contributed by atoms with Crippen LogP contribution in [-0.2, 0) is 5.60 Å². The van der Waals surface area contributed by atoms with Gasteiger partial charge in [0.1, 0.15) is 11.4 Å². The quantitative estimate of drug-likeness (QED) is 0.787. The Morgan fingerprint density at radius 2 is 2.12 bits per heavy atom. The smallest absolute Gasteiger partial charge is 0.123 e. The third kappa shape index (κ3) is 1.97. The molecule has 1 aliphatic rings. The molecule has 0 aliphatic carbocycles. The highest BCUT2D eigenvalue weighted by molar-refractivity contribution is 5.30. The molecular weight excluding hydrogens is 205 g/mol. The van der Waals surface area contributed by atoms with Crippen LogP contribution in [0, 0.1) is 12.7 Å². The van der Waals surface area contributed by atoms with Gasteiger partial charge in [-0.15, -0.1) is 0 Å². The highest BCUT2D eigenvalue weighted by Crippen LogP contribution is 2.35. The average molecular weight is 223 g/mol. The number of nitrogens with zero attached hydrogens (tertiary/aromatic N) is 1. The Bertz CT molecular complexity index is 375. The second kappa shape index (κ2) is 3.82. The Kier molecular flexibility index (Phi) is 2.76. The molecule has 2 unspecified atom stereocenters. The number of halogens is 1. The summed E-state index contributed by atoms with van der Waals surface area (Å²) in [6.45, 7) is 4.49. The first-order valence-corrected chi connectivity index (χ1v) is 5.61.